The van der Waals surface area contributed by atoms with Crippen molar-refractivity contribution in [3.8, 4) is 0 Å². The van der Waals surface area contributed by atoms with E-state index in [2.05, 4.69) is 13.8 Å². The van der Waals surface area contributed by atoms with Gasteiger partial charge >= 0.3 is 0 Å². The zero-order valence-electron chi connectivity index (χ0n) is 13.5. The zero-order valence-corrected chi connectivity index (χ0v) is 13.5. The largest absolute Gasteiger partial charge is 0.248 e. The zero-order chi connectivity index (χ0) is 16.0. The van der Waals surface area contributed by atoms with Crippen molar-refractivity contribution in [1.29, 1.82) is 0 Å². The summed E-state index contributed by atoms with van der Waals surface area (Å²) in [5.41, 5.74) is 0. The van der Waals surface area contributed by atoms with Gasteiger partial charge in [0.2, 0.25) is 11.8 Å². The second kappa shape index (κ2) is 8.23. The van der Waals surface area contributed by atoms with Gasteiger partial charge in [-0.1, -0.05) is 34.6 Å². The highest BCUT2D eigenvalue weighted by atomic mass is 19.3. The predicted molar refractivity (Wildman–Crippen MR) is 76.4 cm³/mol. The molecule has 0 aromatic heterocycles. The van der Waals surface area contributed by atoms with E-state index in [1.165, 1.54) is 0 Å². The molecule has 20 heavy (non-hydrogen) atoms. The van der Waals surface area contributed by atoms with Crippen LogP contribution >= 0.6 is 0 Å². The molecule has 0 aromatic rings. The number of rotatable bonds is 1. The summed E-state index contributed by atoms with van der Waals surface area (Å²) in [6.45, 7) is 10.1. The number of hydrogen-bond acceptors (Lipinski definition) is 0. The molecule has 0 nitrogen and oxygen atoms in total. The summed E-state index contributed by atoms with van der Waals surface area (Å²) in [5.74, 6) is -3.29. The molecule has 0 bridgehead atoms. The molecule has 122 valence electrons. The van der Waals surface area contributed by atoms with Crippen molar-refractivity contribution in [2.24, 2.45) is 17.8 Å². The van der Waals surface area contributed by atoms with E-state index >= 15 is 0 Å². The van der Waals surface area contributed by atoms with Crippen molar-refractivity contribution < 1.29 is 17.6 Å². The van der Waals surface area contributed by atoms with Gasteiger partial charge in [-0.2, -0.15) is 0 Å². The molecule has 4 heteroatoms. The monoisotopic (exact) mass is 298 g/mol. The third kappa shape index (κ3) is 7.49. The second-order valence-electron chi connectivity index (χ2n) is 6.31. The number of halogens is 4. The van der Waals surface area contributed by atoms with Crippen molar-refractivity contribution in [1.82, 2.24) is 0 Å². The maximum absolute atomic E-state index is 12.6. The van der Waals surface area contributed by atoms with Crippen LogP contribution in [0.1, 0.15) is 73.1 Å². The Morgan fingerprint density at radius 2 is 1.25 bits per heavy atom. The van der Waals surface area contributed by atoms with Crippen molar-refractivity contribution in [2.45, 2.75) is 85.0 Å². The number of alkyl halides is 4. The SMILES string of the molecule is CC.CC(C)C1CCC(F)(F)CC1.CC1CC(F)(F)C1. The fourth-order valence-electron chi connectivity index (χ4n) is 2.69. The second-order valence-corrected chi connectivity index (χ2v) is 6.31. The molecule has 0 aromatic carbocycles. The summed E-state index contributed by atoms with van der Waals surface area (Å²) in [5, 5.41) is 0. The lowest BCUT2D eigenvalue weighted by Gasteiger charge is -2.31. The van der Waals surface area contributed by atoms with Gasteiger partial charge < -0.3 is 0 Å². The molecule has 0 heterocycles. The van der Waals surface area contributed by atoms with Crippen molar-refractivity contribution in [3.63, 3.8) is 0 Å². The maximum Gasteiger partial charge on any atom is 0.248 e. The molecular weight excluding hydrogens is 268 g/mol. The van der Waals surface area contributed by atoms with Crippen molar-refractivity contribution in [3.05, 3.63) is 0 Å². The Kier molecular flexibility index (Phi) is 8.12. The molecule has 2 aliphatic carbocycles. The van der Waals surface area contributed by atoms with Crippen LogP contribution in [-0.4, -0.2) is 11.8 Å². The van der Waals surface area contributed by atoms with Crippen LogP contribution in [0.5, 0.6) is 0 Å². The van der Waals surface area contributed by atoms with Crippen LogP contribution in [0.25, 0.3) is 0 Å². The lowest BCUT2D eigenvalue weighted by molar-refractivity contribution is -0.104. The molecule has 0 N–H and O–H groups in total. The van der Waals surface area contributed by atoms with E-state index in [1.54, 1.807) is 0 Å². The average Bonchev–Trinajstić information content (AvgIpc) is 2.29. The molecule has 0 aliphatic heterocycles. The van der Waals surface area contributed by atoms with Crippen LogP contribution in [0.3, 0.4) is 0 Å². The minimum atomic E-state index is -2.36. The minimum absolute atomic E-state index is 0.104. The summed E-state index contributed by atoms with van der Waals surface area (Å²) in [4.78, 5) is 0. The molecule has 0 radical (unpaired) electrons. The van der Waals surface area contributed by atoms with E-state index in [9.17, 15) is 17.6 Å². The summed E-state index contributed by atoms with van der Waals surface area (Å²) >= 11 is 0. The average molecular weight is 298 g/mol. The van der Waals surface area contributed by atoms with Gasteiger partial charge in [0.05, 0.1) is 0 Å². The molecule has 2 rings (SSSR count). The van der Waals surface area contributed by atoms with E-state index in [0.717, 1.165) is 0 Å². The van der Waals surface area contributed by atoms with E-state index in [0.29, 0.717) is 24.7 Å². The first-order chi connectivity index (χ1) is 9.11. The highest BCUT2D eigenvalue weighted by Crippen LogP contribution is 2.41. The molecule has 0 amide bonds. The fraction of sp³-hybridized carbons (Fsp3) is 1.00. The van der Waals surface area contributed by atoms with Crippen LogP contribution in [0.4, 0.5) is 17.6 Å². The van der Waals surface area contributed by atoms with E-state index in [1.807, 2.05) is 20.8 Å². The van der Waals surface area contributed by atoms with Crippen LogP contribution < -0.4 is 0 Å². The number of hydrogen-bond donors (Lipinski definition) is 0. The van der Waals surface area contributed by atoms with Gasteiger partial charge in [0.25, 0.3) is 0 Å². The van der Waals surface area contributed by atoms with Crippen LogP contribution in [0, 0.1) is 17.8 Å². The Morgan fingerprint density at radius 3 is 1.45 bits per heavy atom. The van der Waals surface area contributed by atoms with Crippen molar-refractivity contribution >= 4 is 0 Å². The first-order valence-electron chi connectivity index (χ1n) is 7.87. The summed E-state index contributed by atoms with van der Waals surface area (Å²) < 4.78 is 48.9. The first kappa shape index (κ1) is 19.7. The molecule has 0 saturated heterocycles. The Hall–Kier alpha value is -0.280. The lowest BCUT2D eigenvalue weighted by atomic mass is 9.80. The van der Waals surface area contributed by atoms with Crippen LogP contribution in [0.2, 0.25) is 0 Å². The third-order valence-corrected chi connectivity index (χ3v) is 4.00. The Balaban J connectivity index is 0.000000345. The van der Waals surface area contributed by atoms with E-state index in [-0.39, 0.29) is 31.6 Å². The predicted octanol–water partition coefficient (Wildman–Crippen LogP) is 6.55. The summed E-state index contributed by atoms with van der Waals surface area (Å²) in [6, 6.07) is 0. The molecule has 2 saturated carbocycles. The highest BCUT2D eigenvalue weighted by Gasteiger charge is 2.42. The topological polar surface area (TPSA) is 0 Å². The fourth-order valence-corrected chi connectivity index (χ4v) is 2.69. The Labute approximate surface area is 121 Å². The highest BCUT2D eigenvalue weighted by molar-refractivity contribution is 4.82. The Bertz CT molecular complexity index is 243. The summed E-state index contributed by atoms with van der Waals surface area (Å²) in [6.07, 6.45) is 1.85. The quantitative estimate of drug-likeness (QED) is 0.482. The van der Waals surface area contributed by atoms with Gasteiger partial charge in [-0.3, -0.25) is 0 Å². The van der Waals surface area contributed by atoms with Gasteiger partial charge in [0, 0.05) is 25.7 Å². The van der Waals surface area contributed by atoms with Gasteiger partial charge in [-0.25, -0.2) is 17.6 Å². The van der Waals surface area contributed by atoms with Gasteiger partial charge in [0.15, 0.2) is 0 Å². The van der Waals surface area contributed by atoms with Crippen LogP contribution in [-0.2, 0) is 0 Å². The normalized spacial score (nSPS) is 24.9. The summed E-state index contributed by atoms with van der Waals surface area (Å²) in [7, 11) is 0. The molecule has 2 aliphatic rings. The Morgan fingerprint density at radius 1 is 0.850 bits per heavy atom. The maximum atomic E-state index is 12.6. The minimum Gasteiger partial charge on any atom is -0.207 e. The van der Waals surface area contributed by atoms with E-state index in [4.69, 9.17) is 0 Å². The van der Waals surface area contributed by atoms with E-state index < -0.39 is 11.8 Å². The van der Waals surface area contributed by atoms with Gasteiger partial charge in [-0.15, -0.1) is 0 Å². The third-order valence-electron chi connectivity index (χ3n) is 4.00. The van der Waals surface area contributed by atoms with Gasteiger partial charge in [-0.05, 0) is 30.6 Å². The van der Waals surface area contributed by atoms with Crippen LogP contribution in [0.15, 0.2) is 0 Å². The smallest absolute Gasteiger partial charge is 0.207 e. The lowest BCUT2D eigenvalue weighted by Crippen LogP contribution is -2.33. The van der Waals surface area contributed by atoms with Gasteiger partial charge in [0.1, 0.15) is 0 Å². The standard InChI is InChI=1S/C9H16F2.C5H8F2.C2H6/c1-7(2)8-3-5-9(10,11)6-4-8;1-4-2-5(6,7)3-4;1-2/h7-8H,3-6H2,1-2H3;4H,2-3H2,1H3;1-2H3. The molecule has 0 spiro atoms. The molecular formula is C16H30F4. The molecule has 0 unspecified atom stereocenters. The molecule has 0 atom stereocenters. The van der Waals surface area contributed by atoms with Crippen molar-refractivity contribution in [2.75, 3.05) is 0 Å². The molecule has 2 fully saturated rings. The first-order valence-corrected chi connectivity index (χ1v) is 7.87.